The number of carboxylic acid groups (broad SMARTS) is 1. The molecule has 80 heavy (non-hydrogen) atoms. The molecule has 0 bridgehead atoms. The lowest BCUT2D eigenvalue weighted by Gasteiger charge is -2.40. The van der Waals surface area contributed by atoms with Crippen molar-refractivity contribution in [2.75, 3.05) is 33.1 Å². The molecule has 1 aliphatic rings. The van der Waals surface area contributed by atoms with E-state index >= 15 is 0 Å². The van der Waals surface area contributed by atoms with Crippen LogP contribution in [0.1, 0.15) is 147 Å². The first-order valence-electron chi connectivity index (χ1n) is 28.7. The molecule has 446 valence electrons. The normalized spacial score (nSPS) is 17.4. The molecule has 1 unspecified atom stereocenters. The number of carboxylic acids is 1. The monoisotopic (exact) mass is 1120 g/mol. The quantitative estimate of drug-likeness (QED) is 0.0576. The van der Waals surface area contributed by atoms with Crippen LogP contribution >= 0.6 is 0 Å². The van der Waals surface area contributed by atoms with Crippen molar-refractivity contribution in [1.82, 2.24) is 25.3 Å². The Kier molecular flexibility index (Phi) is 26.5. The van der Waals surface area contributed by atoms with E-state index in [1.807, 2.05) is 80.5 Å². The summed E-state index contributed by atoms with van der Waals surface area (Å²) < 4.78 is 11.6. The first-order valence-corrected chi connectivity index (χ1v) is 28.7. The Hall–Kier alpha value is -6.17. The summed E-state index contributed by atoms with van der Waals surface area (Å²) in [7, 11) is 4.73. The number of anilines is 1. The molecule has 1 saturated heterocycles. The van der Waals surface area contributed by atoms with E-state index in [-0.39, 0.29) is 103 Å². The first kappa shape index (κ1) is 68.1. The summed E-state index contributed by atoms with van der Waals surface area (Å²) in [5.74, 6) is -6.42. The van der Waals surface area contributed by atoms with Gasteiger partial charge < -0.3 is 45.2 Å². The summed E-state index contributed by atoms with van der Waals surface area (Å²) in [5.41, 5.74) is 1.19. The van der Waals surface area contributed by atoms with Gasteiger partial charge in [-0.25, -0.2) is 9.59 Å². The summed E-state index contributed by atoms with van der Waals surface area (Å²) in [6, 6.07) is 12.2. The predicted molar refractivity (Wildman–Crippen MR) is 309 cm³/mol. The maximum Gasteiger partial charge on any atom is 0.410 e. The summed E-state index contributed by atoms with van der Waals surface area (Å²) in [5, 5.41) is 18.3. The molecule has 18 nitrogen and oxygen atoms in total. The van der Waals surface area contributed by atoms with Gasteiger partial charge >= 0.3 is 12.1 Å². The van der Waals surface area contributed by atoms with Crippen LogP contribution in [0.4, 0.5) is 10.5 Å². The van der Waals surface area contributed by atoms with Gasteiger partial charge in [-0.3, -0.25) is 33.6 Å². The second kappa shape index (κ2) is 31.2. The summed E-state index contributed by atoms with van der Waals surface area (Å²) in [6.45, 7) is 26.1. The molecule has 0 radical (unpaired) electrons. The topological polar surface area (TPSA) is 238 Å². The molecular formula is C62H96N6O12. The van der Waals surface area contributed by atoms with Gasteiger partial charge in [0.05, 0.1) is 30.1 Å². The van der Waals surface area contributed by atoms with Crippen molar-refractivity contribution in [2.45, 2.75) is 185 Å². The lowest BCUT2D eigenvalue weighted by atomic mass is 9.82. The smallest absolute Gasteiger partial charge is 0.410 e. The van der Waals surface area contributed by atoms with E-state index in [0.29, 0.717) is 37.1 Å². The van der Waals surface area contributed by atoms with Crippen molar-refractivity contribution < 1.29 is 57.7 Å². The molecule has 0 aliphatic carbocycles. The van der Waals surface area contributed by atoms with E-state index in [1.54, 1.807) is 87.9 Å². The Morgan fingerprint density at radius 2 is 1.34 bits per heavy atom. The number of likely N-dealkylation sites (tertiary alicyclic amines) is 1. The number of amides is 6. The minimum absolute atomic E-state index is 0.0259. The highest BCUT2D eigenvalue weighted by atomic mass is 16.6. The van der Waals surface area contributed by atoms with Gasteiger partial charge in [0, 0.05) is 82.4 Å². The molecule has 1 heterocycles. The zero-order chi connectivity index (χ0) is 60.5. The summed E-state index contributed by atoms with van der Waals surface area (Å²) in [4.78, 5) is 127. The highest BCUT2D eigenvalue weighted by Crippen LogP contribution is 2.33. The molecule has 3 rings (SSSR count). The van der Waals surface area contributed by atoms with Gasteiger partial charge in [0.2, 0.25) is 29.5 Å². The third-order valence-electron chi connectivity index (χ3n) is 15.9. The summed E-state index contributed by atoms with van der Waals surface area (Å²) >= 11 is 0. The van der Waals surface area contributed by atoms with Crippen molar-refractivity contribution in [2.24, 2.45) is 52.8 Å². The molecule has 2 aromatic carbocycles. The van der Waals surface area contributed by atoms with Gasteiger partial charge in [-0.1, -0.05) is 146 Å². The second-order valence-electron chi connectivity index (χ2n) is 24.5. The van der Waals surface area contributed by atoms with Crippen LogP contribution in [0.25, 0.3) is 0 Å². The third-order valence-corrected chi connectivity index (χ3v) is 15.9. The molecule has 6 amide bonds. The number of hydrogen-bond donors (Lipinski definition) is 4. The number of nitrogens with zero attached hydrogens (tertiary/aromatic N) is 3. The molecule has 0 spiro atoms. The Morgan fingerprint density at radius 3 is 1.86 bits per heavy atom. The van der Waals surface area contributed by atoms with Gasteiger partial charge in [-0.15, -0.1) is 0 Å². The van der Waals surface area contributed by atoms with Crippen molar-refractivity contribution in [1.29, 1.82) is 0 Å². The lowest BCUT2D eigenvalue weighted by molar-refractivity contribution is -0.146. The fourth-order valence-electron chi connectivity index (χ4n) is 10.9. The minimum Gasteiger partial charge on any atom is -0.480 e. The van der Waals surface area contributed by atoms with Crippen molar-refractivity contribution in [3.63, 3.8) is 0 Å². The zero-order valence-electron chi connectivity index (χ0n) is 50.9. The molecule has 18 heteroatoms. The molecule has 11 atom stereocenters. The largest absolute Gasteiger partial charge is 0.480 e. The van der Waals surface area contributed by atoms with Gasteiger partial charge in [0.25, 0.3) is 0 Å². The minimum atomic E-state index is -1.16. The zero-order valence-corrected chi connectivity index (χ0v) is 50.9. The fraction of sp³-hybridized carbons (Fsp3) is 0.661. The van der Waals surface area contributed by atoms with E-state index in [1.165, 1.54) is 19.1 Å². The number of carbonyl (C=O) groups is 9. The number of methoxy groups -OCH3 is 1. The van der Waals surface area contributed by atoms with Gasteiger partial charge in [-0.2, -0.15) is 0 Å². The molecule has 1 fully saturated rings. The van der Waals surface area contributed by atoms with E-state index in [2.05, 4.69) is 16.0 Å². The maximum atomic E-state index is 14.7. The van der Waals surface area contributed by atoms with Crippen molar-refractivity contribution in [3.05, 3.63) is 65.7 Å². The lowest BCUT2D eigenvalue weighted by Crippen LogP contribution is -2.53. The first-order chi connectivity index (χ1) is 37.4. The van der Waals surface area contributed by atoms with Crippen LogP contribution in [0, 0.1) is 52.8 Å². The number of likely N-dealkylation sites (N-methyl/N-ethyl adjacent to an activating group) is 1. The number of hydrogen-bond acceptors (Lipinski definition) is 11. The number of carbonyl (C=O) groups excluding carboxylic acids is 8. The average Bonchev–Trinajstić information content (AvgIpc) is 3.88. The van der Waals surface area contributed by atoms with Crippen molar-refractivity contribution >= 4 is 58.9 Å². The fourth-order valence-corrected chi connectivity index (χ4v) is 10.9. The Bertz CT molecular complexity index is 2400. The highest BCUT2D eigenvalue weighted by molar-refractivity contribution is 5.98. The molecule has 0 aromatic heterocycles. The number of aliphatic carboxylic acids is 1. The number of benzene rings is 2. The Morgan fingerprint density at radius 1 is 0.725 bits per heavy atom. The number of ether oxygens (including phenoxy) is 2. The van der Waals surface area contributed by atoms with Crippen LogP contribution in [0.5, 0.6) is 0 Å². The van der Waals surface area contributed by atoms with Crippen molar-refractivity contribution in [3.8, 4) is 0 Å². The maximum absolute atomic E-state index is 14.7. The Balaban J connectivity index is 1.66. The molecule has 2 aromatic rings. The van der Waals surface area contributed by atoms with Crippen LogP contribution in [0.15, 0.2) is 54.6 Å². The molecule has 0 saturated carbocycles. The van der Waals surface area contributed by atoms with E-state index in [0.717, 1.165) is 5.56 Å². The third kappa shape index (κ3) is 19.2. The highest BCUT2D eigenvalue weighted by Gasteiger charge is 2.43. The number of Topliss-reactive ketones (excluding diaryl/α,β-unsaturated/α-hetero) is 2. The number of nitrogens with one attached hydrogen (secondary N) is 3. The SMILES string of the molecule is CC[C@H](C)C([C@H](C)CC(=O)N1CCC[C@H]1[C@H](OC)[C@@H](C)C(=O)N[C@@H](Cc1ccccc1)C(=O)O)N(C)C(=O)[C@@H](CC(=O)[C@H](C(C)C)N(C)C(=O)OCc1ccc(NC(=O)[C@H](C)CC(=O)[C@@H](NC(=O)C(C)(C)C)C(C)C)cc1)C(C)C. The number of rotatable bonds is 30. The van der Waals surface area contributed by atoms with E-state index in [4.69, 9.17) is 9.47 Å². The second-order valence-corrected chi connectivity index (χ2v) is 24.5. The van der Waals surface area contributed by atoms with Crippen LogP contribution in [-0.4, -0.2) is 137 Å². The molecular weight excluding hydrogens is 1020 g/mol. The predicted octanol–water partition coefficient (Wildman–Crippen LogP) is 8.59. The van der Waals surface area contributed by atoms with Gasteiger partial charge in [0.1, 0.15) is 12.6 Å². The van der Waals surface area contributed by atoms with E-state index in [9.17, 15) is 48.3 Å². The molecule has 1 aliphatic heterocycles. The number of ketones is 2. The van der Waals surface area contributed by atoms with Gasteiger partial charge in [-0.05, 0) is 65.7 Å². The van der Waals surface area contributed by atoms with Crippen LogP contribution in [0.2, 0.25) is 0 Å². The van der Waals surface area contributed by atoms with E-state index < -0.39 is 71.4 Å². The van der Waals surface area contributed by atoms with Crippen LogP contribution in [0.3, 0.4) is 0 Å². The molecule has 4 N–H and O–H groups in total. The summed E-state index contributed by atoms with van der Waals surface area (Å²) in [6.07, 6.45) is 0.583. The standard InChI is InChI=1S/C62H96N6O12/c1-18-39(8)54(40(9)32-51(71)68-30-22-25-48(68)55(79-17)42(11)57(73)64-47(59(75)76)33-43-23-20-19-21-24-43)66(15)58(74)46(36(2)3)34-50(70)53(38(6)7)67(16)61(78)80-35-44-26-28-45(29-27-44)63-56(72)41(10)31-49(69)52(37(4)5)65-60(77)62(12,13)14/h19-21,23-24,26-29,36-42,46-48,52-55H,18,22,25,30-35H2,1-17H3,(H,63,72)(H,64,73)(H,65,77)(H,75,76)/t39-,40+,41+,42+,46-,47-,48-,52-,53-,54?,55+/m0/s1. The average molecular weight is 1120 g/mol. The van der Waals surface area contributed by atoms with Crippen LogP contribution < -0.4 is 16.0 Å². The van der Waals surface area contributed by atoms with Gasteiger partial charge in [0.15, 0.2) is 11.6 Å². The Labute approximate surface area is 476 Å². The van der Waals surface area contributed by atoms with Crippen LogP contribution in [-0.2, 0) is 60.9 Å².